The molecule has 1 fully saturated rings. The van der Waals surface area contributed by atoms with Crippen LogP contribution in [-0.2, 0) is 4.74 Å². The van der Waals surface area contributed by atoms with Crippen molar-refractivity contribution in [2.45, 2.75) is 38.1 Å². The van der Waals surface area contributed by atoms with Crippen molar-refractivity contribution >= 4 is 18.1 Å². The normalized spacial score (nSPS) is 16.1. The second-order valence-electron chi connectivity index (χ2n) is 5.35. The van der Waals surface area contributed by atoms with E-state index in [1.807, 2.05) is 0 Å². The summed E-state index contributed by atoms with van der Waals surface area (Å²) < 4.78 is 6.26. The van der Waals surface area contributed by atoms with Gasteiger partial charge in [0, 0.05) is 6.04 Å². The first-order valence-corrected chi connectivity index (χ1v) is 7.40. The van der Waals surface area contributed by atoms with Crippen molar-refractivity contribution in [3.63, 3.8) is 0 Å². The highest BCUT2D eigenvalue weighted by molar-refractivity contribution is 6.00. The van der Waals surface area contributed by atoms with Crippen molar-refractivity contribution < 1.29 is 18.9 Å². The lowest BCUT2D eigenvalue weighted by atomic mass is 9.96. The van der Waals surface area contributed by atoms with Gasteiger partial charge >= 0.3 is 18.1 Å². The molecule has 0 aliphatic heterocycles. The van der Waals surface area contributed by atoms with E-state index in [2.05, 4.69) is 21.3 Å². The first-order valence-electron chi connectivity index (χ1n) is 7.40. The molecule has 0 atom stereocenters. The zero-order valence-electron chi connectivity index (χ0n) is 13.5. The average Bonchev–Trinajstić information content (AvgIpc) is 2.52. The Morgan fingerprint density at radius 2 is 2.00 bits per heavy atom. The number of rotatable bonds is 2. The van der Waals surface area contributed by atoms with E-state index < -0.39 is 6.09 Å². The van der Waals surface area contributed by atoms with E-state index in [0.29, 0.717) is 0 Å². The van der Waals surface area contributed by atoms with Gasteiger partial charge in [0.25, 0.3) is 0 Å². The first kappa shape index (κ1) is 17.8. The third-order valence-corrected chi connectivity index (χ3v) is 3.62. The molecule has 1 aliphatic rings. The Hall–Kier alpha value is -2.23. The number of hydrogen-bond donors (Lipinski definition) is 2. The summed E-state index contributed by atoms with van der Waals surface area (Å²) in [5.74, 6) is 2.75. The minimum atomic E-state index is -0.586. The largest absolute Gasteiger partial charge is 0.478 e. The first-order chi connectivity index (χ1) is 10.5. The molecular weight excluding hydrogens is 284 g/mol. The van der Waals surface area contributed by atoms with Crippen molar-refractivity contribution in [1.29, 1.82) is 0 Å². The highest BCUT2D eigenvalue weighted by atomic mass is 16.5. The molecule has 0 aromatic carbocycles. The van der Waals surface area contributed by atoms with Gasteiger partial charge in [-0.25, -0.2) is 9.59 Å². The minimum absolute atomic E-state index is 0.177. The molecule has 0 saturated heterocycles. The van der Waals surface area contributed by atoms with Gasteiger partial charge in [0.15, 0.2) is 0 Å². The van der Waals surface area contributed by atoms with Crippen molar-refractivity contribution in [1.82, 2.24) is 15.5 Å². The molecule has 7 heteroatoms. The van der Waals surface area contributed by atoms with Gasteiger partial charge in [0.1, 0.15) is 6.54 Å². The zero-order valence-corrected chi connectivity index (χ0v) is 13.5. The van der Waals surface area contributed by atoms with Gasteiger partial charge in [-0.2, -0.15) is 10.2 Å². The van der Waals surface area contributed by atoms with Gasteiger partial charge in [-0.05, 0) is 12.8 Å². The van der Waals surface area contributed by atoms with Crippen LogP contribution in [0.3, 0.4) is 0 Å². The van der Waals surface area contributed by atoms with Crippen LogP contribution in [0.25, 0.3) is 0 Å². The summed E-state index contributed by atoms with van der Waals surface area (Å²) >= 11 is 0. The van der Waals surface area contributed by atoms with Crippen molar-refractivity contribution in [3.8, 4) is 12.3 Å². The molecule has 0 unspecified atom stereocenters. The van der Waals surface area contributed by atoms with Crippen molar-refractivity contribution in [2.24, 2.45) is 0 Å². The molecule has 3 amide bonds. The van der Waals surface area contributed by atoms with E-state index in [1.54, 1.807) is 11.6 Å². The van der Waals surface area contributed by atoms with Crippen LogP contribution in [0.4, 0.5) is 9.59 Å². The molecule has 0 aromatic heterocycles. The monoisotopic (exact) mass is 309 g/mol. The number of nitrogens with zero attached hydrogens (tertiary/aromatic N) is 2. The second-order valence-corrected chi connectivity index (χ2v) is 5.35. The minimum Gasteiger partial charge on any atom is -0.441 e. The molecule has 2 N–H and O–H groups in total. The molecule has 0 heterocycles. The maximum absolute atomic E-state index is 12.1. The summed E-state index contributed by atoms with van der Waals surface area (Å²) in [4.78, 5) is 25.0. The molecule has 1 saturated carbocycles. The van der Waals surface area contributed by atoms with Crippen LogP contribution in [0, 0.1) is 12.3 Å². The average molecular weight is 309 g/mol. The van der Waals surface area contributed by atoms with Crippen molar-refractivity contribution in [3.05, 3.63) is 0 Å². The SMILES string of the molecule is C#CC[N+](C)=C(NC(=O)NC1CCCCC1)N(C)C(=O)OC. The maximum atomic E-state index is 12.1. The Morgan fingerprint density at radius 1 is 1.36 bits per heavy atom. The highest BCUT2D eigenvalue weighted by Crippen LogP contribution is 2.17. The summed E-state index contributed by atoms with van der Waals surface area (Å²) in [5, 5.41) is 5.62. The van der Waals surface area contributed by atoms with Gasteiger partial charge < -0.3 is 10.1 Å². The third kappa shape index (κ3) is 5.28. The quantitative estimate of drug-likeness (QED) is 0.345. The number of amides is 3. The van der Waals surface area contributed by atoms with Crippen molar-refractivity contribution in [2.75, 3.05) is 27.7 Å². The fourth-order valence-electron chi connectivity index (χ4n) is 2.44. The topological polar surface area (TPSA) is 73.7 Å². The number of hydrogen-bond acceptors (Lipinski definition) is 3. The molecule has 0 bridgehead atoms. The Bertz CT molecular complexity index is 476. The number of nitrogens with one attached hydrogen (secondary N) is 2. The molecule has 22 heavy (non-hydrogen) atoms. The number of urea groups is 1. The molecule has 7 nitrogen and oxygen atoms in total. The van der Waals surface area contributed by atoms with E-state index in [1.165, 1.54) is 25.5 Å². The number of guanidine groups is 1. The Balaban J connectivity index is 2.75. The highest BCUT2D eigenvalue weighted by Gasteiger charge is 2.28. The molecule has 1 rings (SSSR count). The fourth-order valence-corrected chi connectivity index (χ4v) is 2.44. The smallest absolute Gasteiger partial charge is 0.441 e. The predicted molar refractivity (Wildman–Crippen MR) is 83.6 cm³/mol. The van der Waals surface area contributed by atoms with Gasteiger partial charge in [-0.3, -0.25) is 4.58 Å². The molecule has 0 spiro atoms. The molecule has 0 aromatic rings. The second kappa shape index (κ2) is 8.93. The van der Waals surface area contributed by atoms with Gasteiger partial charge in [0.05, 0.1) is 21.2 Å². The Labute approximate surface area is 131 Å². The lowest BCUT2D eigenvalue weighted by molar-refractivity contribution is -0.490. The van der Waals surface area contributed by atoms with Crippen LogP contribution < -0.4 is 10.6 Å². The lowest BCUT2D eigenvalue weighted by Gasteiger charge is -2.22. The summed E-state index contributed by atoms with van der Waals surface area (Å²) in [5.41, 5.74) is 0. The predicted octanol–water partition coefficient (Wildman–Crippen LogP) is 0.948. The van der Waals surface area contributed by atoms with Crippen LogP contribution in [0.15, 0.2) is 0 Å². The van der Waals surface area contributed by atoms with Crippen LogP contribution >= 0.6 is 0 Å². The van der Waals surface area contributed by atoms with Crippen LogP contribution in [0.5, 0.6) is 0 Å². The number of terminal acetylenes is 1. The van der Waals surface area contributed by atoms with E-state index >= 15 is 0 Å². The van der Waals surface area contributed by atoms with E-state index in [-0.39, 0.29) is 24.6 Å². The molecule has 0 radical (unpaired) electrons. The van der Waals surface area contributed by atoms with Gasteiger partial charge in [-0.15, -0.1) is 6.42 Å². The number of carbonyl (C=O) groups is 2. The lowest BCUT2D eigenvalue weighted by Crippen LogP contribution is -2.54. The fraction of sp³-hybridized carbons (Fsp3) is 0.667. The summed E-state index contributed by atoms with van der Waals surface area (Å²) in [6.07, 6.45) is 10.1. The number of ether oxygens (including phenoxy) is 1. The Kier molecular flexibility index (Phi) is 7.23. The van der Waals surface area contributed by atoms with E-state index in [0.717, 1.165) is 25.7 Å². The summed E-state index contributed by atoms with van der Waals surface area (Å²) in [6, 6.07) is -0.169. The molecular formula is C15H25N4O3+. The molecule has 122 valence electrons. The maximum Gasteiger partial charge on any atom is 0.478 e. The summed E-state index contributed by atoms with van der Waals surface area (Å²) in [7, 11) is 4.48. The van der Waals surface area contributed by atoms with Crippen LogP contribution in [0.1, 0.15) is 32.1 Å². The van der Waals surface area contributed by atoms with E-state index in [4.69, 9.17) is 6.42 Å². The van der Waals surface area contributed by atoms with Gasteiger partial charge in [-0.1, -0.05) is 25.2 Å². The number of methoxy groups -OCH3 is 1. The zero-order chi connectivity index (χ0) is 16.5. The number of carbonyl (C=O) groups excluding carboxylic acids is 2. The standard InChI is InChI=1S/C15H24N4O3/c1-5-11-18(2)14(19(3)15(21)22-4)17-13(20)16-12-9-7-6-8-10-12/h1,12H,6-11H2,2-4H3,(H,16,20)/p+1. The third-order valence-electron chi connectivity index (χ3n) is 3.62. The van der Waals surface area contributed by atoms with E-state index in [9.17, 15) is 9.59 Å². The van der Waals surface area contributed by atoms with Crippen LogP contribution in [-0.4, -0.2) is 61.4 Å². The molecule has 1 aliphatic carbocycles. The Morgan fingerprint density at radius 3 is 2.55 bits per heavy atom. The van der Waals surface area contributed by atoms with Gasteiger partial charge in [0.2, 0.25) is 0 Å². The summed E-state index contributed by atoms with van der Waals surface area (Å²) in [6.45, 7) is 0.250. The van der Waals surface area contributed by atoms with Crippen LogP contribution in [0.2, 0.25) is 0 Å².